The van der Waals surface area contributed by atoms with Crippen LogP contribution in [0.2, 0.25) is 0 Å². The summed E-state index contributed by atoms with van der Waals surface area (Å²) in [6.45, 7) is 0. The SMILES string of the molecule is COc1cc(OC)cc(-c2ccccc2-c2ccc(S(N)(=O)=O)cc2)c1. The Labute approximate surface area is 153 Å². The minimum Gasteiger partial charge on any atom is -0.497 e. The van der Waals surface area contributed by atoms with E-state index < -0.39 is 10.0 Å². The smallest absolute Gasteiger partial charge is 0.238 e. The number of rotatable bonds is 5. The molecule has 134 valence electrons. The fourth-order valence-corrected chi connectivity index (χ4v) is 3.29. The van der Waals surface area contributed by atoms with E-state index in [2.05, 4.69) is 0 Å². The van der Waals surface area contributed by atoms with Gasteiger partial charge in [-0.1, -0.05) is 36.4 Å². The van der Waals surface area contributed by atoms with Crippen LogP contribution in [-0.4, -0.2) is 22.6 Å². The molecule has 5 nitrogen and oxygen atoms in total. The number of nitrogens with two attached hydrogens (primary N) is 1. The minimum absolute atomic E-state index is 0.0850. The van der Waals surface area contributed by atoms with Gasteiger partial charge in [0.1, 0.15) is 11.5 Å². The first-order valence-corrected chi connectivity index (χ1v) is 9.42. The molecule has 0 spiro atoms. The third-order valence-corrected chi connectivity index (χ3v) is 5.01. The Bertz CT molecular complexity index is 1010. The molecule has 2 N–H and O–H groups in total. The molecule has 0 fully saturated rings. The molecule has 0 heterocycles. The van der Waals surface area contributed by atoms with Crippen LogP contribution in [0.4, 0.5) is 0 Å². The van der Waals surface area contributed by atoms with Crippen LogP contribution in [0, 0.1) is 0 Å². The minimum atomic E-state index is -3.72. The quantitative estimate of drug-likeness (QED) is 0.744. The summed E-state index contributed by atoms with van der Waals surface area (Å²) in [6, 6.07) is 20.0. The van der Waals surface area contributed by atoms with Gasteiger partial charge in [-0.25, -0.2) is 13.6 Å². The van der Waals surface area contributed by atoms with E-state index in [1.54, 1.807) is 26.4 Å². The maximum absolute atomic E-state index is 11.5. The summed E-state index contributed by atoms with van der Waals surface area (Å²) in [5.41, 5.74) is 3.76. The number of sulfonamides is 1. The van der Waals surface area contributed by atoms with Crippen molar-refractivity contribution in [3.05, 3.63) is 66.7 Å². The molecule has 0 aliphatic carbocycles. The third-order valence-electron chi connectivity index (χ3n) is 4.08. The van der Waals surface area contributed by atoms with Gasteiger partial charge in [0.25, 0.3) is 0 Å². The zero-order chi connectivity index (χ0) is 18.7. The maximum atomic E-state index is 11.5. The summed E-state index contributed by atoms with van der Waals surface area (Å²) < 4.78 is 33.6. The molecule has 3 aromatic carbocycles. The van der Waals surface area contributed by atoms with Crippen molar-refractivity contribution in [1.82, 2.24) is 0 Å². The topological polar surface area (TPSA) is 78.6 Å². The van der Waals surface area contributed by atoms with Crippen LogP contribution in [0.3, 0.4) is 0 Å². The highest BCUT2D eigenvalue weighted by Crippen LogP contribution is 2.36. The van der Waals surface area contributed by atoms with Crippen molar-refractivity contribution in [1.29, 1.82) is 0 Å². The van der Waals surface area contributed by atoms with Gasteiger partial charge in [-0.15, -0.1) is 0 Å². The number of benzene rings is 3. The molecule has 6 heteroatoms. The maximum Gasteiger partial charge on any atom is 0.238 e. The lowest BCUT2D eigenvalue weighted by atomic mass is 9.94. The molecule has 0 aromatic heterocycles. The van der Waals surface area contributed by atoms with Crippen molar-refractivity contribution in [3.63, 3.8) is 0 Å². The van der Waals surface area contributed by atoms with Crippen molar-refractivity contribution in [3.8, 4) is 33.8 Å². The van der Waals surface area contributed by atoms with Crippen molar-refractivity contribution < 1.29 is 17.9 Å². The van der Waals surface area contributed by atoms with E-state index in [0.717, 1.165) is 22.3 Å². The fourth-order valence-electron chi connectivity index (χ4n) is 2.77. The molecule has 0 bridgehead atoms. The lowest BCUT2D eigenvalue weighted by Gasteiger charge is -2.13. The van der Waals surface area contributed by atoms with Gasteiger partial charge in [0.05, 0.1) is 19.1 Å². The van der Waals surface area contributed by atoms with Gasteiger partial charge in [0.2, 0.25) is 10.0 Å². The molecular formula is C20H19NO4S. The van der Waals surface area contributed by atoms with Crippen LogP contribution in [0.15, 0.2) is 71.6 Å². The highest BCUT2D eigenvalue weighted by molar-refractivity contribution is 7.89. The van der Waals surface area contributed by atoms with E-state index in [0.29, 0.717) is 11.5 Å². The van der Waals surface area contributed by atoms with Crippen molar-refractivity contribution in [2.45, 2.75) is 4.90 Å². The molecular weight excluding hydrogens is 350 g/mol. The molecule has 0 atom stereocenters. The molecule has 0 aliphatic rings. The van der Waals surface area contributed by atoms with Gasteiger partial charge < -0.3 is 9.47 Å². The summed E-state index contributed by atoms with van der Waals surface area (Å²) in [5.74, 6) is 1.39. The second-order valence-electron chi connectivity index (χ2n) is 5.72. The summed E-state index contributed by atoms with van der Waals surface area (Å²) in [5, 5.41) is 5.17. The van der Waals surface area contributed by atoms with Gasteiger partial charge >= 0.3 is 0 Å². The zero-order valence-electron chi connectivity index (χ0n) is 14.5. The Morgan fingerprint density at radius 3 is 1.69 bits per heavy atom. The Morgan fingerprint density at radius 1 is 0.731 bits per heavy atom. The van der Waals surface area contributed by atoms with E-state index in [-0.39, 0.29) is 4.90 Å². The monoisotopic (exact) mass is 369 g/mol. The number of hydrogen-bond acceptors (Lipinski definition) is 4. The van der Waals surface area contributed by atoms with Gasteiger partial charge in [-0.05, 0) is 46.5 Å². The van der Waals surface area contributed by atoms with Gasteiger partial charge in [-0.3, -0.25) is 0 Å². The van der Waals surface area contributed by atoms with E-state index in [4.69, 9.17) is 14.6 Å². The molecule has 0 radical (unpaired) electrons. The third kappa shape index (κ3) is 3.71. The lowest BCUT2D eigenvalue weighted by Crippen LogP contribution is -2.11. The highest BCUT2D eigenvalue weighted by Gasteiger charge is 2.12. The Balaban J connectivity index is 2.13. The second-order valence-corrected chi connectivity index (χ2v) is 7.28. The Morgan fingerprint density at radius 2 is 1.23 bits per heavy atom. The van der Waals surface area contributed by atoms with Crippen LogP contribution in [0.25, 0.3) is 22.3 Å². The first kappa shape index (κ1) is 18.0. The predicted molar refractivity (Wildman–Crippen MR) is 102 cm³/mol. The summed E-state index contributed by atoms with van der Waals surface area (Å²) in [7, 11) is -0.500. The van der Waals surface area contributed by atoms with Crippen LogP contribution < -0.4 is 14.6 Å². The summed E-state index contributed by atoms with van der Waals surface area (Å²) in [6.07, 6.45) is 0. The lowest BCUT2D eigenvalue weighted by molar-refractivity contribution is 0.394. The zero-order valence-corrected chi connectivity index (χ0v) is 15.3. The molecule has 3 rings (SSSR count). The highest BCUT2D eigenvalue weighted by atomic mass is 32.2. The number of ether oxygens (including phenoxy) is 2. The number of primary sulfonamides is 1. The van der Waals surface area contributed by atoms with Crippen LogP contribution >= 0.6 is 0 Å². The average Bonchev–Trinajstić information content (AvgIpc) is 2.67. The largest absolute Gasteiger partial charge is 0.497 e. The van der Waals surface area contributed by atoms with Gasteiger partial charge in [0, 0.05) is 6.07 Å². The van der Waals surface area contributed by atoms with E-state index in [9.17, 15) is 8.42 Å². The normalized spacial score (nSPS) is 11.2. The summed E-state index contributed by atoms with van der Waals surface area (Å²) >= 11 is 0. The van der Waals surface area contributed by atoms with Gasteiger partial charge in [0.15, 0.2) is 0 Å². The van der Waals surface area contributed by atoms with Crippen LogP contribution in [-0.2, 0) is 10.0 Å². The van der Waals surface area contributed by atoms with Crippen LogP contribution in [0.5, 0.6) is 11.5 Å². The van der Waals surface area contributed by atoms with Gasteiger partial charge in [-0.2, -0.15) is 0 Å². The molecule has 3 aromatic rings. The van der Waals surface area contributed by atoms with E-state index >= 15 is 0 Å². The Kier molecular flexibility index (Phi) is 4.97. The van der Waals surface area contributed by atoms with Crippen LogP contribution in [0.1, 0.15) is 0 Å². The Hall–Kier alpha value is -2.83. The molecule has 0 amide bonds. The first-order valence-electron chi connectivity index (χ1n) is 7.88. The van der Waals surface area contributed by atoms with Crippen molar-refractivity contribution in [2.75, 3.05) is 14.2 Å². The molecule has 0 aliphatic heterocycles. The van der Waals surface area contributed by atoms with Crippen molar-refractivity contribution >= 4 is 10.0 Å². The molecule has 0 saturated carbocycles. The molecule has 26 heavy (non-hydrogen) atoms. The van der Waals surface area contributed by atoms with Crippen molar-refractivity contribution in [2.24, 2.45) is 5.14 Å². The standard InChI is InChI=1S/C20H19NO4S/c1-24-16-11-15(12-17(13-16)25-2)20-6-4-3-5-19(20)14-7-9-18(10-8-14)26(21,22)23/h3-13H,1-2H3,(H2,21,22,23). The molecule has 0 saturated heterocycles. The van der Waals surface area contributed by atoms with E-state index in [1.807, 2.05) is 42.5 Å². The predicted octanol–water partition coefficient (Wildman–Crippen LogP) is 3.69. The average molecular weight is 369 g/mol. The summed E-state index contributed by atoms with van der Waals surface area (Å²) in [4.78, 5) is 0.0850. The first-order chi connectivity index (χ1) is 12.4. The number of hydrogen-bond donors (Lipinski definition) is 1. The fraction of sp³-hybridized carbons (Fsp3) is 0.100. The number of methoxy groups -OCH3 is 2. The van der Waals surface area contributed by atoms with E-state index in [1.165, 1.54) is 12.1 Å². The second kappa shape index (κ2) is 7.19. The molecule has 0 unspecified atom stereocenters.